The Morgan fingerprint density at radius 3 is 2.90 bits per heavy atom. The van der Waals surface area contributed by atoms with Gasteiger partial charge in [0.05, 0.1) is 23.9 Å². The standard InChI is InChI=1S/C15H20N4O/c1-2-19-11-17-13-9-12(3-4-14(13)19)15(20)10-18-7-5-16-6-8-18/h3-4,9,11,16H,2,5-8,10H2,1H3. The molecule has 2 aromatic rings. The molecular weight excluding hydrogens is 252 g/mol. The largest absolute Gasteiger partial charge is 0.331 e. The zero-order valence-electron chi connectivity index (χ0n) is 11.8. The van der Waals surface area contributed by atoms with Crippen LogP contribution in [-0.4, -0.2) is 53.0 Å². The van der Waals surface area contributed by atoms with Crippen LogP contribution in [0.3, 0.4) is 0 Å². The third-order valence-electron chi connectivity index (χ3n) is 3.86. The van der Waals surface area contributed by atoms with E-state index in [-0.39, 0.29) is 5.78 Å². The van der Waals surface area contributed by atoms with Crippen LogP contribution in [0.1, 0.15) is 17.3 Å². The van der Waals surface area contributed by atoms with E-state index in [9.17, 15) is 4.79 Å². The molecule has 5 heteroatoms. The van der Waals surface area contributed by atoms with Crippen molar-refractivity contribution in [3.8, 4) is 0 Å². The quantitative estimate of drug-likeness (QED) is 0.848. The Bertz CT molecular complexity index is 613. The Balaban J connectivity index is 1.77. The zero-order valence-corrected chi connectivity index (χ0v) is 11.8. The van der Waals surface area contributed by atoms with E-state index in [0.29, 0.717) is 6.54 Å². The Morgan fingerprint density at radius 1 is 1.35 bits per heavy atom. The first kappa shape index (κ1) is 13.3. The van der Waals surface area contributed by atoms with Gasteiger partial charge < -0.3 is 9.88 Å². The van der Waals surface area contributed by atoms with Crippen molar-refractivity contribution in [3.63, 3.8) is 0 Å². The van der Waals surface area contributed by atoms with Gasteiger partial charge in [-0.3, -0.25) is 9.69 Å². The molecule has 1 saturated heterocycles. The monoisotopic (exact) mass is 272 g/mol. The summed E-state index contributed by atoms with van der Waals surface area (Å²) in [6.45, 7) is 7.30. The van der Waals surface area contributed by atoms with Crippen molar-refractivity contribution in [2.75, 3.05) is 32.7 Å². The summed E-state index contributed by atoms with van der Waals surface area (Å²) in [7, 11) is 0. The van der Waals surface area contributed by atoms with Crippen LogP contribution in [0.2, 0.25) is 0 Å². The van der Waals surface area contributed by atoms with E-state index >= 15 is 0 Å². The van der Waals surface area contributed by atoms with Crippen molar-refractivity contribution in [3.05, 3.63) is 30.1 Å². The average Bonchev–Trinajstić information content (AvgIpc) is 2.90. The number of nitrogens with one attached hydrogen (secondary N) is 1. The molecule has 5 nitrogen and oxygen atoms in total. The number of piperazine rings is 1. The number of ketones is 1. The number of Topliss-reactive ketones (excluding diaryl/α,β-unsaturated/α-hetero) is 1. The lowest BCUT2D eigenvalue weighted by Gasteiger charge is -2.26. The van der Waals surface area contributed by atoms with E-state index in [0.717, 1.165) is 49.3 Å². The molecule has 1 aromatic carbocycles. The van der Waals surface area contributed by atoms with Gasteiger partial charge in [-0.25, -0.2) is 4.98 Å². The summed E-state index contributed by atoms with van der Waals surface area (Å²) >= 11 is 0. The van der Waals surface area contributed by atoms with Crippen LogP contribution < -0.4 is 5.32 Å². The molecule has 0 bridgehead atoms. The van der Waals surface area contributed by atoms with Gasteiger partial charge in [0.25, 0.3) is 0 Å². The van der Waals surface area contributed by atoms with E-state index < -0.39 is 0 Å². The predicted octanol–water partition coefficient (Wildman–Crippen LogP) is 1.14. The van der Waals surface area contributed by atoms with Crippen LogP contribution in [0.25, 0.3) is 11.0 Å². The lowest BCUT2D eigenvalue weighted by molar-refractivity contribution is 0.0921. The highest BCUT2D eigenvalue weighted by atomic mass is 16.1. The van der Waals surface area contributed by atoms with Gasteiger partial charge in [-0.15, -0.1) is 0 Å². The zero-order chi connectivity index (χ0) is 13.9. The number of carbonyl (C=O) groups excluding carboxylic acids is 1. The second-order valence-corrected chi connectivity index (χ2v) is 5.18. The van der Waals surface area contributed by atoms with Gasteiger partial charge in [0.1, 0.15) is 0 Å². The summed E-state index contributed by atoms with van der Waals surface area (Å²) in [4.78, 5) is 18.9. The fourth-order valence-electron chi connectivity index (χ4n) is 2.65. The first-order valence-electron chi connectivity index (χ1n) is 7.19. The van der Waals surface area contributed by atoms with Gasteiger partial charge in [-0.2, -0.15) is 0 Å². The normalized spacial score (nSPS) is 16.6. The second-order valence-electron chi connectivity index (χ2n) is 5.18. The molecule has 0 unspecified atom stereocenters. The molecular formula is C15H20N4O. The molecule has 0 aliphatic carbocycles. The Hall–Kier alpha value is -1.72. The van der Waals surface area contributed by atoms with Crippen LogP contribution in [0, 0.1) is 0 Å². The molecule has 0 radical (unpaired) electrons. The van der Waals surface area contributed by atoms with Crippen molar-refractivity contribution < 1.29 is 4.79 Å². The highest BCUT2D eigenvalue weighted by Crippen LogP contribution is 2.15. The van der Waals surface area contributed by atoms with Crippen LogP contribution in [-0.2, 0) is 6.54 Å². The van der Waals surface area contributed by atoms with Crippen molar-refractivity contribution in [1.29, 1.82) is 0 Å². The van der Waals surface area contributed by atoms with Crippen molar-refractivity contribution in [1.82, 2.24) is 19.8 Å². The number of hydrogen-bond acceptors (Lipinski definition) is 4. The summed E-state index contributed by atoms with van der Waals surface area (Å²) in [6, 6.07) is 5.82. The number of aromatic nitrogens is 2. The summed E-state index contributed by atoms with van der Waals surface area (Å²) in [5.74, 6) is 0.180. The highest BCUT2D eigenvalue weighted by Gasteiger charge is 2.15. The minimum atomic E-state index is 0.180. The third kappa shape index (κ3) is 2.59. The average molecular weight is 272 g/mol. The number of hydrogen-bond donors (Lipinski definition) is 1. The number of fused-ring (bicyclic) bond motifs is 1. The number of carbonyl (C=O) groups is 1. The summed E-state index contributed by atoms with van der Waals surface area (Å²) in [5.41, 5.74) is 2.75. The molecule has 20 heavy (non-hydrogen) atoms. The highest BCUT2D eigenvalue weighted by molar-refractivity contribution is 6.00. The van der Waals surface area contributed by atoms with Crippen LogP contribution in [0.4, 0.5) is 0 Å². The molecule has 0 saturated carbocycles. The lowest BCUT2D eigenvalue weighted by Crippen LogP contribution is -2.45. The van der Waals surface area contributed by atoms with Gasteiger partial charge in [0.15, 0.2) is 5.78 Å². The van der Waals surface area contributed by atoms with Gasteiger partial charge in [-0.1, -0.05) is 0 Å². The second kappa shape index (κ2) is 5.73. The van der Waals surface area contributed by atoms with Gasteiger partial charge >= 0.3 is 0 Å². The Kier molecular flexibility index (Phi) is 3.80. The molecule has 2 heterocycles. The van der Waals surface area contributed by atoms with Crippen molar-refractivity contribution >= 4 is 16.8 Å². The molecule has 0 spiro atoms. The molecule has 1 aliphatic heterocycles. The summed E-state index contributed by atoms with van der Waals surface area (Å²) < 4.78 is 2.08. The minimum absolute atomic E-state index is 0.180. The molecule has 3 rings (SSSR count). The van der Waals surface area contributed by atoms with E-state index in [1.807, 2.05) is 24.5 Å². The van der Waals surface area contributed by atoms with Crippen LogP contribution >= 0.6 is 0 Å². The first-order chi connectivity index (χ1) is 9.78. The maximum absolute atomic E-state index is 12.3. The fourth-order valence-corrected chi connectivity index (χ4v) is 2.65. The Morgan fingerprint density at radius 2 is 2.15 bits per heavy atom. The lowest BCUT2D eigenvalue weighted by atomic mass is 10.1. The minimum Gasteiger partial charge on any atom is -0.331 e. The maximum Gasteiger partial charge on any atom is 0.176 e. The van der Waals surface area contributed by atoms with Crippen LogP contribution in [0.15, 0.2) is 24.5 Å². The molecule has 1 fully saturated rings. The van der Waals surface area contributed by atoms with Gasteiger partial charge in [0.2, 0.25) is 0 Å². The van der Waals surface area contributed by atoms with E-state index in [1.165, 1.54) is 0 Å². The molecule has 1 aromatic heterocycles. The SMILES string of the molecule is CCn1cnc2cc(C(=O)CN3CCNCC3)ccc21. The third-order valence-corrected chi connectivity index (χ3v) is 3.86. The predicted molar refractivity (Wildman–Crippen MR) is 79.0 cm³/mol. The van der Waals surface area contributed by atoms with Gasteiger partial charge in [0, 0.05) is 38.3 Å². The number of rotatable bonds is 4. The number of nitrogens with zero attached hydrogens (tertiary/aromatic N) is 3. The van der Waals surface area contributed by atoms with Crippen molar-refractivity contribution in [2.24, 2.45) is 0 Å². The Labute approximate surface area is 118 Å². The summed E-state index contributed by atoms with van der Waals surface area (Å²) in [5, 5.41) is 3.30. The molecule has 106 valence electrons. The first-order valence-corrected chi connectivity index (χ1v) is 7.19. The van der Waals surface area contributed by atoms with E-state index in [1.54, 1.807) is 0 Å². The topological polar surface area (TPSA) is 50.2 Å². The smallest absolute Gasteiger partial charge is 0.176 e. The number of imidazole rings is 1. The fraction of sp³-hybridized carbons (Fsp3) is 0.467. The molecule has 0 atom stereocenters. The number of benzene rings is 1. The molecule has 1 aliphatic rings. The van der Waals surface area contributed by atoms with Gasteiger partial charge in [-0.05, 0) is 25.1 Å². The van der Waals surface area contributed by atoms with Crippen LogP contribution in [0.5, 0.6) is 0 Å². The van der Waals surface area contributed by atoms with E-state index in [2.05, 4.69) is 26.7 Å². The van der Waals surface area contributed by atoms with E-state index in [4.69, 9.17) is 0 Å². The maximum atomic E-state index is 12.3. The molecule has 0 amide bonds. The molecule has 1 N–H and O–H groups in total. The number of aryl methyl sites for hydroxylation is 1. The van der Waals surface area contributed by atoms with Crippen molar-refractivity contribution in [2.45, 2.75) is 13.5 Å². The summed E-state index contributed by atoms with van der Waals surface area (Å²) in [6.07, 6.45) is 1.83.